The van der Waals surface area contributed by atoms with E-state index < -0.39 is 27.2 Å². The molecule has 0 heterocycles. The molecule has 0 radical (unpaired) electrons. The van der Waals surface area contributed by atoms with E-state index in [0.29, 0.717) is 28.8 Å². The number of carbonyl (C=O) groups excluding carboxylic acids is 6. The van der Waals surface area contributed by atoms with E-state index in [4.69, 9.17) is 14.2 Å². The van der Waals surface area contributed by atoms with Crippen LogP contribution in [0.1, 0.15) is 171 Å². The predicted molar refractivity (Wildman–Crippen MR) is 624 cm³/mol. The SMILES string of the molecule is C=C(C)N(C)C(C)=O.CC=C(C)N(C)C.CCC(=O)N(C)C.CCC(=O)N(C)C.CCC(C)(C)N(C)C.CCC(C)(C)N(C)C.CN(C)C(=O)N(C)C.CN(C)C(C)(C)N(C)C.CN(C)S(=O)(=O)N(C)C.CN(C)S(=O)N(C)C.CN=C(C)N(C)C.CN=C(N(C)C)N(C)C.CN=C(N(C)C)N(C)C.COC(=O)N(C)C.COC(C)(C)N(C)C.COC(C)(C)OC.CSC(=O)N(C)C.CSC(C)(C)N(C)C. The molecule has 0 aromatic heterocycles. The molecule has 0 bridgehead atoms. The Morgan fingerprint density at radius 1 is 0.383 bits per heavy atom. The number of hydrogen-bond acceptors (Lipinski definition) is 25. The standard InChI is InChI=1S/C7H18N2.2C7H17N.2C6H15N3.C6H15NO.C6H11NO.C6H15NS.C6H13N.C5H12N2O.C5H12N2.2C5H11NO.C5H12O2.C4H12N2O2S.C4H12N2OS.C4H9NO2.C4H9NOS/c1-7(2,8(3)4)9(5)6;2*1-6-7(2,3)8(4)5;2*1-7-6(8(2)3)9(4)5;1-6(2,8-5)7(3)4;1-5(2)7(4)6(3)8;1-6(2,8-5)7(3)4;1-5-6(2)7(3)4;1-6(2)5(8)7(3)4;1-5(6-2)7(3)4;2*1-4-5(7)6(2)3;1-5(2,6-3)7-4;1-5(2)9(7,8)6(3)4;1-5(2)8(7)6(3)4;2*1-5(2)4(6)7-3/h1-6H3;2*6H2,1-5H3;2*1-5H3;1-5H3;1H2,2-4H3;1-5H3;5H,1-4H3;1-4H3;1-4H3;2*4H2,1-3H3;1-4H3;1-4H3;1-4H3;2*1-3H3. The number of amidine groups is 1. The molecule has 7 amide bonds. The van der Waals surface area contributed by atoms with Gasteiger partial charge < -0.3 is 92.4 Å². The molecule has 141 heavy (non-hydrogen) atoms. The number of rotatable bonds is 20. The fourth-order valence-corrected chi connectivity index (χ4v) is 7.90. The van der Waals surface area contributed by atoms with Gasteiger partial charge in [-0.3, -0.25) is 53.8 Å². The average Bonchev–Trinajstić information content (AvgIpc) is 0.876. The third-order valence-corrected chi connectivity index (χ3v) is 25.8. The van der Waals surface area contributed by atoms with Gasteiger partial charge in [-0.15, -0.1) is 11.8 Å². The van der Waals surface area contributed by atoms with Crippen LogP contribution in [-0.4, -0.2) is 588 Å². The lowest BCUT2D eigenvalue weighted by Gasteiger charge is -2.38. The number of ether oxygens (including phenoxy) is 4. The molecule has 43 heteroatoms. The molecule has 860 valence electrons. The zero-order valence-corrected chi connectivity index (χ0v) is 109. The molecule has 0 atom stereocenters. The zero-order valence-electron chi connectivity index (χ0n) is 106. The number of amides is 7. The molecule has 0 aromatic carbocycles. The van der Waals surface area contributed by atoms with Crippen LogP contribution in [0.3, 0.4) is 0 Å². The second-order valence-corrected chi connectivity index (χ2v) is 44.7. The lowest BCUT2D eigenvalue weighted by atomic mass is 10.0. The van der Waals surface area contributed by atoms with Crippen molar-refractivity contribution in [3.63, 3.8) is 0 Å². The molecule has 0 fully saturated rings. The van der Waals surface area contributed by atoms with E-state index in [1.54, 1.807) is 199 Å². The van der Waals surface area contributed by atoms with Crippen LogP contribution in [0, 0.1) is 0 Å². The van der Waals surface area contributed by atoms with Gasteiger partial charge in [-0.25, -0.2) is 22.4 Å². The highest BCUT2D eigenvalue weighted by molar-refractivity contribution is 8.12. The highest BCUT2D eigenvalue weighted by Crippen LogP contribution is 2.22. The third kappa shape index (κ3) is 119. The predicted octanol–water partition coefficient (Wildman–Crippen LogP) is 12.8. The number of thioether (sulfide) groups is 2. The number of urea groups is 1. The molecule has 0 unspecified atom stereocenters. The first kappa shape index (κ1) is 177. The fourth-order valence-electron chi connectivity index (χ4n) is 5.86. The first-order chi connectivity index (χ1) is 62.8. The topological polar surface area (TPSA) is 302 Å². The van der Waals surface area contributed by atoms with Gasteiger partial charge in [0.1, 0.15) is 5.72 Å². The smallest absolute Gasteiger partial charge is 0.408 e. The van der Waals surface area contributed by atoms with Gasteiger partial charge >= 0.3 is 12.1 Å². The second kappa shape index (κ2) is 98.7. The summed E-state index contributed by atoms with van der Waals surface area (Å²) in [7, 11) is 92.7. The molecule has 0 aromatic rings. The Morgan fingerprint density at radius 3 is 0.667 bits per heavy atom. The van der Waals surface area contributed by atoms with Crippen molar-refractivity contribution < 1.29 is 60.3 Å². The van der Waals surface area contributed by atoms with Crippen LogP contribution in [0.5, 0.6) is 0 Å². The van der Waals surface area contributed by atoms with Gasteiger partial charge in [0.05, 0.1) is 23.5 Å². The molecular weight excluding hydrogens is 1880 g/mol. The minimum Gasteiger partial charge on any atom is -0.453 e. The number of guanidine groups is 2. The van der Waals surface area contributed by atoms with Crippen molar-refractivity contribution in [2.75, 3.05) is 379 Å². The Balaban J connectivity index is -0.0000000711. The van der Waals surface area contributed by atoms with Gasteiger partial charge in [-0.1, -0.05) is 52.1 Å². The summed E-state index contributed by atoms with van der Waals surface area (Å²) in [6.45, 7) is 46.6. The van der Waals surface area contributed by atoms with E-state index in [1.807, 2.05) is 195 Å². The van der Waals surface area contributed by atoms with Gasteiger partial charge in [0.15, 0.2) is 28.9 Å². The average molecular weight is 2120 g/mol. The van der Waals surface area contributed by atoms with Crippen molar-refractivity contribution in [1.29, 1.82) is 0 Å². The van der Waals surface area contributed by atoms with E-state index in [0.717, 1.165) is 32.1 Å². The number of carbonyl (C=O) groups is 6. The van der Waals surface area contributed by atoms with E-state index in [2.05, 4.69) is 215 Å². The monoisotopic (exact) mass is 2110 g/mol. The maximum Gasteiger partial charge on any atom is 0.408 e. The molecule has 0 saturated heterocycles. The summed E-state index contributed by atoms with van der Waals surface area (Å²) in [4.78, 5) is 111. The van der Waals surface area contributed by atoms with Gasteiger partial charge in [-0.05, 0) is 221 Å². The fraction of sp³-hybridized carbons (Fsp3) is 0.867. The maximum absolute atomic E-state index is 10.9. The molecule has 0 rings (SSSR count). The van der Waals surface area contributed by atoms with Crippen LogP contribution in [0.4, 0.5) is 14.4 Å². The summed E-state index contributed by atoms with van der Waals surface area (Å²) in [5.74, 6) is 2.99. The normalized spacial score (nSPS) is 10.7. The summed E-state index contributed by atoms with van der Waals surface area (Å²) < 4.78 is 57.3. The van der Waals surface area contributed by atoms with E-state index in [1.165, 1.54) is 92.1 Å². The lowest BCUT2D eigenvalue weighted by molar-refractivity contribution is -0.178. The summed E-state index contributed by atoms with van der Waals surface area (Å²) in [5, 5.41) is 0.0972. The third-order valence-electron chi connectivity index (χ3n) is 20.6. The maximum atomic E-state index is 10.9. The Hall–Kier alpha value is -6.01. The number of hydrogen-bond donors (Lipinski definition) is 0. The minimum atomic E-state index is -3.15. The number of nitrogens with zero attached hydrogens (tertiary/aromatic N) is 26. The first-order valence-corrected chi connectivity index (χ1v) is 51.1. The van der Waals surface area contributed by atoms with E-state index in [-0.39, 0.29) is 46.5 Å². The Morgan fingerprint density at radius 2 is 0.667 bits per heavy atom. The molecule has 39 nitrogen and oxygen atoms in total. The molecule has 0 aliphatic rings. The highest BCUT2D eigenvalue weighted by atomic mass is 32.2. The zero-order chi connectivity index (χ0) is 119. The molecular formula is C98H236N26O13S4. The van der Waals surface area contributed by atoms with E-state index in [9.17, 15) is 41.4 Å². The first-order valence-electron chi connectivity index (χ1n) is 46.2. The molecule has 0 N–H and O–H groups in total. The van der Waals surface area contributed by atoms with Crippen molar-refractivity contribution in [1.82, 2.24) is 110 Å². The van der Waals surface area contributed by atoms with Gasteiger partial charge in [-0.2, -0.15) is 17.0 Å². The summed E-state index contributed by atoms with van der Waals surface area (Å²) in [6.07, 6.45) is 9.28. The van der Waals surface area contributed by atoms with Crippen LogP contribution in [-0.2, 0) is 54.7 Å². The van der Waals surface area contributed by atoms with E-state index >= 15 is 0 Å². The van der Waals surface area contributed by atoms with Gasteiger partial charge in [0.2, 0.25) is 17.7 Å². The van der Waals surface area contributed by atoms with Crippen LogP contribution in [0.15, 0.2) is 39.0 Å². The Bertz CT molecular complexity index is 2950. The second-order valence-electron chi connectivity index (χ2n) is 38.2. The molecule has 0 saturated carbocycles. The summed E-state index contributed by atoms with van der Waals surface area (Å²) >= 11 is 2.12. The molecule has 0 spiro atoms. The number of methoxy groups -OCH3 is 4. The Labute approximate surface area is 885 Å². The largest absolute Gasteiger partial charge is 0.453 e. The Kier molecular flexibility index (Phi) is 124. The van der Waals surface area contributed by atoms with Crippen LogP contribution >= 0.6 is 23.5 Å². The van der Waals surface area contributed by atoms with Crippen LogP contribution in [0.2, 0.25) is 0 Å². The van der Waals surface area contributed by atoms with Crippen molar-refractivity contribution in [3.8, 4) is 0 Å². The van der Waals surface area contributed by atoms with Gasteiger partial charge in [0, 0.05) is 317 Å². The van der Waals surface area contributed by atoms with Crippen LogP contribution in [0.25, 0.3) is 0 Å². The van der Waals surface area contributed by atoms with Crippen molar-refractivity contribution in [2.24, 2.45) is 15.0 Å². The summed E-state index contributed by atoms with van der Waals surface area (Å²) in [5.41, 5.74) is 2.87. The quantitative estimate of drug-likeness (QED) is 0.0621. The molecule has 0 aliphatic heterocycles. The summed E-state index contributed by atoms with van der Waals surface area (Å²) in [6, 6.07) is 0.0185. The molecule has 0 aliphatic carbocycles. The highest BCUT2D eigenvalue weighted by Gasteiger charge is 2.23. The van der Waals surface area contributed by atoms with Crippen molar-refractivity contribution in [2.45, 2.75) is 204 Å². The lowest BCUT2D eigenvalue weighted by Crippen LogP contribution is -2.49. The number of allylic oxidation sites excluding steroid dienone is 3. The van der Waals surface area contributed by atoms with Crippen molar-refractivity contribution in [3.05, 3.63) is 24.0 Å². The van der Waals surface area contributed by atoms with Gasteiger partial charge in [0.25, 0.3) is 15.4 Å². The number of aliphatic imine (C=N–C) groups is 3. The van der Waals surface area contributed by atoms with Crippen LogP contribution < -0.4 is 0 Å². The van der Waals surface area contributed by atoms with Crippen molar-refractivity contribution >= 4 is 97.7 Å². The minimum absolute atomic E-state index is 0.0185.